The number of hydrogen-bond acceptors (Lipinski definition) is 0. The summed E-state index contributed by atoms with van der Waals surface area (Å²) < 4.78 is 0. The van der Waals surface area contributed by atoms with Crippen molar-refractivity contribution in [2.45, 2.75) is 66.7 Å². The number of rotatable bonds is 7. The highest BCUT2D eigenvalue weighted by molar-refractivity contribution is 5.50. The molecule has 0 unspecified atom stereocenters. The van der Waals surface area contributed by atoms with E-state index in [1.165, 1.54) is 46.3 Å². The summed E-state index contributed by atoms with van der Waals surface area (Å²) in [5.41, 5.74) is 10.1. The van der Waals surface area contributed by atoms with Gasteiger partial charge in [-0.05, 0) is 86.6 Å². The van der Waals surface area contributed by atoms with Crippen molar-refractivity contribution in [2.24, 2.45) is 5.92 Å². The van der Waals surface area contributed by atoms with E-state index in [1.807, 2.05) is 0 Å². The second-order valence-corrected chi connectivity index (χ2v) is 7.97. The zero-order valence-corrected chi connectivity index (χ0v) is 16.8. The highest BCUT2D eigenvalue weighted by Gasteiger charge is 2.16. The fraction of sp³-hybridized carbons (Fsp3) is 0.440. The van der Waals surface area contributed by atoms with Gasteiger partial charge in [0.05, 0.1) is 0 Å². The maximum Gasteiger partial charge on any atom is -0.00588 e. The van der Waals surface area contributed by atoms with E-state index in [9.17, 15) is 0 Å². The highest BCUT2D eigenvalue weighted by Crippen LogP contribution is 2.35. The Balaban J connectivity index is 2.26. The SMILES string of the molecule is C=C(C)C1=C(CCc2ccccc2)C=C(C)C(CCC(C)C)=C(C)C1. The molecule has 25 heavy (non-hydrogen) atoms. The van der Waals surface area contributed by atoms with Gasteiger partial charge >= 0.3 is 0 Å². The first kappa shape index (κ1) is 19.5. The molecule has 1 aromatic carbocycles. The minimum absolute atomic E-state index is 0.752. The Bertz CT molecular complexity index is 693. The molecule has 0 saturated heterocycles. The van der Waals surface area contributed by atoms with Crippen LogP contribution < -0.4 is 0 Å². The third-order valence-corrected chi connectivity index (χ3v) is 5.22. The van der Waals surface area contributed by atoms with Gasteiger partial charge in [-0.15, -0.1) is 0 Å². The largest absolute Gasteiger partial charge is 0.0958 e. The maximum absolute atomic E-state index is 4.27. The van der Waals surface area contributed by atoms with Crippen molar-refractivity contribution in [1.29, 1.82) is 0 Å². The summed E-state index contributed by atoms with van der Waals surface area (Å²) in [6, 6.07) is 10.8. The van der Waals surface area contributed by atoms with Gasteiger partial charge in [0.1, 0.15) is 0 Å². The molecule has 0 aliphatic heterocycles. The van der Waals surface area contributed by atoms with Crippen LogP contribution in [0.2, 0.25) is 0 Å². The summed E-state index contributed by atoms with van der Waals surface area (Å²) in [5.74, 6) is 0.752. The zero-order valence-electron chi connectivity index (χ0n) is 16.8. The molecule has 0 aromatic heterocycles. The molecule has 0 nitrogen and oxygen atoms in total. The van der Waals surface area contributed by atoms with Crippen LogP contribution in [0.1, 0.15) is 65.9 Å². The molecule has 0 spiro atoms. The number of allylic oxidation sites excluding steroid dienone is 7. The predicted molar refractivity (Wildman–Crippen MR) is 112 cm³/mol. The molecule has 1 aliphatic carbocycles. The van der Waals surface area contributed by atoms with Crippen molar-refractivity contribution >= 4 is 0 Å². The first-order valence-electron chi connectivity index (χ1n) is 9.67. The monoisotopic (exact) mass is 334 g/mol. The lowest BCUT2D eigenvalue weighted by Gasteiger charge is -2.14. The van der Waals surface area contributed by atoms with Crippen LogP contribution in [0.5, 0.6) is 0 Å². The van der Waals surface area contributed by atoms with Gasteiger partial charge in [-0.3, -0.25) is 0 Å². The lowest BCUT2D eigenvalue weighted by Crippen LogP contribution is -1.96. The van der Waals surface area contributed by atoms with Gasteiger partial charge in [0.2, 0.25) is 0 Å². The molecule has 0 fully saturated rings. The Hall–Kier alpha value is -1.82. The molecular weight excluding hydrogens is 300 g/mol. The van der Waals surface area contributed by atoms with Crippen molar-refractivity contribution in [3.05, 3.63) is 82.0 Å². The summed E-state index contributed by atoms with van der Waals surface area (Å²) >= 11 is 0. The zero-order chi connectivity index (χ0) is 18.4. The molecule has 0 atom stereocenters. The average molecular weight is 335 g/mol. The van der Waals surface area contributed by atoms with Gasteiger partial charge in [0, 0.05) is 0 Å². The van der Waals surface area contributed by atoms with Crippen molar-refractivity contribution in [2.75, 3.05) is 0 Å². The lowest BCUT2D eigenvalue weighted by molar-refractivity contribution is 0.584. The molecule has 0 amide bonds. The Morgan fingerprint density at radius 2 is 1.72 bits per heavy atom. The van der Waals surface area contributed by atoms with Gasteiger partial charge in [0.15, 0.2) is 0 Å². The normalized spacial score (nSPS) is 15.5. The van der Waals surface area contributed by atoms with Gasteiger partial charge in [0.25, 0.3) is 0 Å². The van der Waals surface area contributed by atoms with E-state index in [2.05, 4.69) is 77.6 Å². The second kappa shape index (κ2) is 9.04. The van der Waals surface area contributed by atoms with E-state index in [4.69, 9.17) is 0 Å². The summed E-state index contributed by atoms with van der Waals surface area (Å²) in [4.78, 5) is 0. The van der Waals surface area contributed by atoms with E-state index in [0.29, 0.717) is 0 Å². The van der Waals surface area contributed by atoms with Crippen LogP contribution in [0.15, 0.2) is 76.4 Å². The minimum atomic E-state index is 0.752. The molecule has 1 aliphatic rings. The van der Waals surface area contributed by atoms with Crippen molar-refractivity contribution in [3.8, 4) is 0 Å². The highest BCUT2D eigenvalue weighted by atomic mass is 14.2. The maximum atomic E-state index is 4.27. The average Bonchev–Trinajstić information content (AvgIpc) is 2.68. The fourth-order valence-corrected chi connectivity index (χ4v) is 3.67. The van der Waals surface area contributed by atoms with E-state index in [-0.39, 0.29) is 0 Å². The van der Waals surface area contributed by atoms with Crippen LogP contribution in [-0.2, 0) is 6.42 Å². The first-order valence-corrected chi connectivity index (χ1v) is 9.67. The summed E-state index contributed by atoms with van der Waals surface area (Å²) in [6.45, 7) is 15.7. The number of aryl methyl sites for hydroxylation is 1. The van der Waals surface area contributed by atoms with Crippen molar-refractivity contribution in [1.82, 2.24) is 0 Å². The van der Waals surface area contributed by atoms with Gasteiger partial charge < -0.3 is 0 Å². The van der Waals surface area contributed by atoms with E-state index in [0.717, 1.165) is 25.2 Å². The third-order valence-electron chi connectivity index (χ3n) is 5.22. The summed E-state index contributed by atoms with van der Waals surface area (Å²) in [7, 11) is 0. The Kier molecular flexibility index (Phi) is 7.05. The molecular formula is C25H34. The minimum Gasteiger partial charge on any atom is -0.0958 e. The van der Waals surface area contributed by atoms with Gasteiger partial charge in [-0.25, -0.2) is 0 Å². The van der Waals surface area contributed by atoms with Gasteiger partial charge in [-0.1, -0.05) is 68.0 Å². The molecule has 0 N–H and O–H groups in total. The third kappa shape index (κ3) is 5.59. The molecule has 2 rings (SSSR count). The van der Waals surface area contributed by atoms with Crippen LogP contribution in [-0.4, -0.2) is 0 Å². The Labute approximate surface area is 155 Å². The fourth-order valence-electron chi connectivity index (χ4n) is 3.67. The molecule has 134 valence electrons. The van der Waals surface area contributed by atoms with Crippen LogP contribution in [0.4, 0.5) is 0 Å². The van der Waals surface area contributed by atoms with E-state index in [1.54, 1.807) is 5.57 Å². The van der Waals surface area contributed by atoms with E-state index < -0.39 is 0 Å². The Morgan fingerprint density at radius 1 is 1.04 bits per heavy atom. The number of hydrogen-bond donors (Lipinski definition) is 0. The predicted octanol–water partition coefficient (Wildman–Crippen LogP) is 7.59. The molecule has 0 bridgehead atoms. The van der Waals surface area contributed by atoms with Crippen molar-refractivity contribution in [3.63, 3.8) is 0 Å². The molecule has 0 radical (unpaired) electrons. The van der Waals surface area contributed by atoms with Crippen LogP contribution >= 0.6 is 0 Å². The second-order valence-electron chi connectivity index (χ2n) is 7.97. The van der Waals surface area contributed by atoms with E-state index >= 15 is 0 Å². The molecule has 0 heteroatoms. The topological polar surface area (TPSA) is 0 Å². The van der Waals surface area contributed by atoms with Crippen LogP contribution in [0, 0.1) is 5.92 Å². The van der Waals surface area contributed by atoms with Crippen LogP contribution in [0.25, 0.3) is 0 Å². The van der Waals surface area contributed by atoms with Gasteiger partial charge in [-0.2, -0.15) is 0 Å². The Morgan fingerprint density at radius 3 is 2.32 bits per heavy atom. The standard InChI is InChI=1S/C25H34/c1-18(2)12-15-24-20(5)16-23(25(19(3)4)17-21(24)6)14-13-22-10-8-7-9-11-22/h7-11,16,18H,3,12-15,17H2,1-2,4-6H3. The smallest absolute Gasteiger partial charge is 0.00588 e. The molecule has 0 saturated carbocycles. The lowest BCUT2D eigenvalue weighted by atomic mass is 9.91. The summed E-state index contributed by atoms with van der Waals surface area (Å²) in [5, 5.41) is 0. The van der Waals surface area contributed by atoms with Crippen molar-refractivity contribution < 1.29 is 0 Å². The quantitative estimate of drug-likeness (QED) is 0.481. The molecule has 1 aromatic rings. The number of benzene rings is 1. The molecule has 0 heterocycles. The summed E-state index contributed by atoms with van der Waals surface area (Å²) in [6.07, 6.45) is 8.14. The first-order chi connectivity index (χ1) is 11.9. The van der Waals surface area contributed by atoms with Crippen LogP contribution in [0.3, 0.4) is 0 Å².